The molecule has 0 aromatic heterocycles. The molecule has 2 amide bonds. The van der Waals surface area contributed by atoms with E-state index in [0.29, 0.717) is 32.7 Å². The summed E-state index contributed by atoms with van der Waals surface area (Å²) in [7, 11) is 1.46. The first-order valence-corrected chi connectivity index (χ1v) is 5.30. The van der Waals surface area contributed by atoms with Crippen LogP contribution >= 0.6 is 0 Å². The Morgan fingerprint density at radius 2 is 1.62 bits per heavy atom. The number of hydrogen-bond donors (Lipinski definition) is 2. The predicted octanol–water partition coefficient (Wildman–Crippen LogP) is -0.708. The van der Waals surface area contributed by atoms with E-state index in [1.807, 2.05) is 0 Å². The van der Waals surface area contributed by atoms with Crippen LogP contribution in [0.3, 0.4) is 0 Å². The van der Waals surface area contributed by atoms with Gasteiger partial charge in [-0.2, -0.15) is 0 Å². The molecule has 0 unspecified atom stereocenters. The van der Waals surface area contributed by atoms with Crippen LogP contribution < -0.4 is 10.6 Å². The van der Waals surface area contributed by atoms with E-state index in [2.05, 4.69) is 15.4 Å². The molecule has 0 aromatic rings. The van der Waals surface area contributed by atoms with Crippen molar-refractivity contribution in [3.63, 3.8) is 0 Å². The van der Waals surface area contributed by atoms with Crippen LogP contribution in [-0.2, 0) is 19.1 Å². The highest BCUT2D eigenvalue weighted by atomic mass is 16.5. The average molecular weight is 232 g/mol. The molecule has 6 nitrogen and oxygen atoms in total. The molecule has 2 N–H and O–H groups in total. The SMILES string of the molecule is CCC(=O)NCCOCCNC(=O)COC. The third kappa shape index (κ3) is 9.42. The van der Waals surface area contributed by atoms with Gasteiger partial charge in [-0.15, -0.1) is 0 Å². The summed E-state index contributed by atoms with van der Waals surface area (Å²) in [5, 5.41) is 5.30. The predicted molar refractivity (Wildman–Crippen MR) is 59.0 cm³/mol. The van der Waals surface area contributed by atoms with E-state index in [0.717, 1.165) is 0 Å². The zero-order chi connectivity index (χ0) is 12.2. The molecule has 0 atom stereocenters. The Hall–Kier alpha value is -1.14. The zero-order valence-corrected chi connectivity index (χ0v) is 9.88. The Balaban J connectivity index is 3.15. The molecule has 0 saturated carbocycles. The lowest BCUT2D eigenvalue weighted by molar-refractivity contribution is -0.125. The number of amides is 2. The van der Waals surface area contributed by atoms with Crippen LogP contribution in [-0.4, -0.2) is 51.8 Å². The Bertz CT molecular complexity index is 209. The van der Waals surface area contributed by atoms with Gasteiger partial charge in [-0.3, -0.25) is 9.59 Å². The fourth-order valence-electron chi connectivity index (χ4n) is 0.934. The molecule has 0 fully saturated rings. The zero-order valence-electron chi connectivity index (χ0n) is 9.88. The molecule has 0 saturated heterocycles. The van der Waals surface area contributed by atoms with Gasteiger partial charge < -0.3 is 20.1 Å². The topological polar surface area (TPSA) is 76.7 Å². The van der Waals surface area contributed by atoms with E-state index in [4.69, 9.17) is 4.74 Å². The van der Waals surface area contributed by atoms with Crippen LogP contribution in [0.4, 0.5) is 0 Å². The summed E-state index contributed by atoms with van der Waals surface area (Å²) < 4.78 is 9.82. The Labute approximate surface area is 95.7 Å². The fraction of sp³-hybridized carbons (Fsp3) is 0.800. The molecule has 0 bridgehead atoms. The average Bonchev–Trinajstić information content (AvgIpc) is 2.27. The summed E-state index contributed by atoms with van der Waals surface area (Å²) in [6.07, 6.45) is 0.479. The molecule has 0 heterocycles. The van der Waals surface area contributed by atoms with Crippen molar-refractivity contribution in [1.82, 2.24) is 10.6 Å². The number of hydrogen-bond acceptors (Lipinski definition) is 4. The highest BCUT2D eigenvalue weighted by molar-refractivity contribution is 5.77. The highest BCUT2D eigenvalue weighted by Gasteiger charge is 1.98. The van der Waals surface area contributed by atoms with Crippen LogP contribution in [0.1, 0.15) is 13.3 Å². The third-order valence-corrected chi connectivity index (χ3v) is 1.73. The summed E-state index contributed by atoms with van der Waals surface area (Å²) in [4.78, 5) is 21.7. The molecule has 0 rings (SSSR count). The second kappa shape index (κ2) is 10.4. The molecule has 0 aliphatic rings. The molecular formula is C10H20N2O4. The monoisotopic (exact) mass is 232 g/mol. The molecular weight excluding hydrogens is 212 g/mol. The standard InChI is InChI=1S/C10H20N2O4/c1-3-9(13)11-4-6-16-7-5-12-10(14)8-15-2/h3-8H2,1-2H3,(H,11,13)(H,12,14). The summed E-state index contributed by atoms with van der Waals surface area (Å²) >= 11 is 0. The van der Waals surface area contributed by atoms with Crippen LogP contribution in [0.5, 0.6) is 0 Å². The molecule has 0 aromatic carbocycles. The maximum atomic E-state index is 10.9. The van der Waals surface area contributed by atoms with Crippen molar-refractivity contribution >= 4 is 11.8 Å². The Kier molecular flexibility index (Phi) is 9.64. The highest BCUT2D eigenvalue weighted by Crippen LogP contribution is 1.77. The van der Waals surface area contributed by atoms with E-state index in [1.165, 1.54) is 7.11 Å². The van der Waals surface area contributed by atoms with E-state index < -0.39 is 0 Å². The van der Waals surface area contributed by atoms with E-state index in [-0.39, 0.29) is 18.4 Å². The van der Waals surface area contributed by atoms with Gasteiger partial charge in [-0.1, -0.05) is 6.92 Å². The van der Waals surface area contributed by atoms with Crippen molar-refractivity contribution in [1.29, 1.82) is 0 Å². The summed E-state index contributed by atoms with van der Waals surface area (Å²) in [6.45, 7) is 3.68. The molecule has 94 valence electrons. The second-order valence-electron chi connectivity index (χ2n) is 3.10. The molecule has 0 radical (unpaired) electrons. The maximum absolute atomic E-state index is 10.9. The van der Waals surface area contributed by atoms with Crippen molar-refractivity contribution in [2.45, 2.75) is 13.3 Å². The first kappa shape index (κ1) is 14.9. The van der Waals surface area contributed by atoms with Gasteiger partial charge in [0.05, 0.1) is 13.2 Å². The molecule has 0 aliphatic heterocycles. The largest absolute Gasteiger partial charge is 0.378 e. The molecule has 0 aliphatic carbocycles. The van der Waals surface area contributed by atoms with Gasteiger partial charge in [0, 0.05) is 26.6 Å². The number of carbonyl (C=O) groups excluding carboxylic acids is 2. The fourth-order valence-corrected chi connectivity index (χ4v) is 0.934. The van der Waals surface area contributed by atoms with Crippen molar-refractivity contribution in [3.05, 3.63) is 0 Å². The first-order valence-electron chi connectivity index (χ1n) is 5.30. The third-order valence-electron chi connectivity index (χ3n) is 1.73. The minimum absolute atomic E-state index is 0.0111. The van der Waals surface area contributed by atoms with Gasteiger partial charge in [-0.05, 0) is 0 Å². The van der Waals surface area contributed by atoms with Gasteiger partial charge in [0.2, 0.25) is 11.8 Å². The van der Waals surface area contributed by atoms with Gasteiger partial charge in [0.1, 0.15) is 6.61 Å². The maximum Gasteiger partial charge on any atom is 0.246 e. The lowest BCUT2D eigenvalue weighted by Crippen LogP contribution is -2.31. The first-order chi connectivity index (χ1) is 7.70. The van der Waals surface area contributed by atoms with Crippen LogP contribution in [0.25, 0.3) is 0 Å². The second-order valence-corrected chi connectivity index (χ2v) is 3.10. The van der Waals surface area contributed by atoms with Crippen molar-refractivity contribution in [3.8, 4) is 0 Å². The summed E-state index contributed by atoms with van der Waals surface area (Å²) in [5.74, 6) is -0.151. The lowest BCUT2D eigenvalue weighted by Gasteiger charge is -2.06. The number of methoxy groups -OCH3 is 1. The summed E-state index contributed by atoms with van der Waals surface area (Å²) in [5.41, 5.74) is 0. The normalized spacial score (nSPS) is 9.88. The van der Waals surface area contributed by atoms with Gasteiger partial charge in [-0.25, -0.2) is 0 Å². The van der Waals surface area contributed by atoms with E-state index >= 15 is 0 Å². The van der Waals surface area contributed by atoms with Gasteiger partial charge >= 0.3 is 0 Å². The number of carbonyl (C=O) groups is 2. The molecule has 0 spiro atoms. The molecule has 16 heavy (non-hydrogen) atoms. The van der Waals surface area contributed by atoms with Crippen molar-refractivity contribution in [2.24, 2.45) is 0 Å². The number of ether oxygens (including phenoxy) is 2. The van der Waals surface area contributed by atoms with E-state index in [9.17, 15) is 9.59 Å². The minimum Gasteiger partial charge on any atom is -0.378 e. The molecule has 6 heteroatoms. The van der Waals surface area contributed by atoms with Crippen LogP contribution in [0.15, 0.2) is 0 Å². The smallest absolute Gasteiger partial charge is 0.246 e. The van der Waals surface area contributed by atoms with Crippen molar-refractivity contribution < 1.29 is 19.1 Å². The Morgan fingerprint density at radius 1 is 1.06 bits per heavy atom. The summed E-state index contributed by atoms with van der Waals surface area (Å²) in [6, 6.07) is 0. The van der Waals surface area contributed by atoms with Crippen molar-refractivity contribution in [2.75, 3.05) is 40.0 Å². The van der Waals surface area contributed by atoms with Crippen LogP contribution in [0.2, 0.25) is 0 Å². The number of nitrogens with one attached hydrogen (secondary N) is 2. The lowest BCUT2D eigenvalue weighted by atomic mass is 10.4. The minimum atomic E-state index is -0.162. The van der Waals surface area contributed by atoms with Gasteiger partial charge in [0.25, 0.3) is 0 Å². The van der Waals surface area contributed by atoms with E-state index in [1.54, 1.807) is 6.92 Å². The van der Waals surface area contributed by atoms with Crippen LogP contribution in [0, 0.1) is 0 Å². The number of rotatable bonds is 9. The Morgan fingerprint density at radius 3 is 2.12 bits per heavy atom. The quantitative estimate of drug-likeness (QED) is 0.515. The van der Waals surface area contributed by atoms with Gasteiger partial charge in [0.15, 0.2) is 0 Å².